The standard InChI is InChI=1S/C31H35N3OS/c1-2-30(35)33-28-15-9-19-32-27(28)14-7-3-10-23-17-20-34(21-18-23)31-25-12-5-4-11-24(25)22-36-29-16-8-6-13-26(29)31/h2,4-6,8-9,11-13,15-16,19,23,31H,1,3,7,10,14,17-18,20-22H2,(H,33,35). The summed E-state index contributed by atoms with van der Waals surface area (Å²) < 4.78 is 0. The molecule has 1 N–H and O–H groups in total. The highest BCUT2D eigenvalue weighted by molar-refractivity contribution is 7.98. The van der Waals surface area contributed by atoms with Crippen molar-refractivity contribution in [1.29, 1.82) is 0 Å². The maximum absolute atomic E-state index is 11.7. The number of hydrogen-bond acceptors (Lipinski definition) is 4. The lowest BCUT2D eigenvalue weighted by Gasteiger charge is -2.38. The largest absolute Gasteiger partial charge is 0.321 e. The van der Waals surface area contributed by atoms with E-state index in [1.165, 1.54) is 53.3 Å². The summed E-state index contributed by atoms with van der Waals surface area (Å²) in [5.74, 6) is 1.65. The van der Waals surface area contributed by atoms with Crippen LogP contribution in [0, 0.1) is 5.92 Å². The van der Waals surface area contributed by atoms with Gasteiger partial charge in [-0.15, -0.1) is 11.8 Å². The van der Waals surface area contributed by atoms with Gasteiger partial charge in [-0.2, -0.15) is 0 Å². The quantitative estimate of drug-likeness (QED) is 0.268. The molecule has 2 aromatic carbocycles. The van der Waals surface area contributed by atoms with Gasteiger partial charge in [0.05, 0.1) is 17.4 Å². The number of carbonyl (C=O) groups excluding carboxylic acids is 1. The Kier molecular flexibility index (Phi) is 8.19. The average molecular weight is 498 g/mol. The van der Waals surface area contributed by atoms with Gasteiger partial charge in [0.2, 0.25) is 5.91 Å². The van der Waals surface area contributed by atoms with Crippen molar-refractivity contribution in [2.45, 2.75) is 55.2 Å². The molecule has 4 nitrogen and oxygen atoms in total. The number of aryl methyl sites for hydroxylation is 1. The summed E-state index contributed by atoms with van der Waals surface area (Å²) in [6.45, 7) is 5.85. The predicted octanol–water partition coefficient (Wildman–Crippen LogP) is 7.03. The molecule has 1 fully saturated rings. The van der Waals surface area contributed by atoms with Crippen LogP contribution in [0.3, 0.4) is 0 Å². The lowest BCUT2D eigenvalue weighted by atomic mass is 9.87. The molecule has 3 aromatic rings. The third kappa shape index (κ3) is 5.74. The predicted molar refractivity (Wildman–Crippen MR) is 149 cm³/mol. The van der Waals surface area contributed by atoms with Crippen LogP contribution in [0.1, 0.15) is 60.5 Å². The van der Waals surface area contributed by atoms with Gasteiger partial charge in [-0.1, -0.05) is 61.9 Å². The molecular weight excluding hydrogens is 462 g/mol. The monoisotopic (exact) mass is 497 g/mol. The fourth-order valence-electron chi connectivity index (χ4n) is 5.65. The highest BCUT2D eigenvalue weighted by Crippen LogP contribution is 2.43. The molecule has 5 rings (SSSR count). The van der Waals surface area contributed by atoms with Crippen molar-refractivity contribution in [2.75, 3.05) is 18.4 Å². The molecule has 0 aliphatic carbocycles. The number of fused-ring (bicyclic) bond motifs is 2. The fourth-order valence-corrected chi connectivity index (χ4v) is 6.74. The molecule has 1 amide bonds. The van der Waals surface area contributed by atoms with E-state index in [1.54, 1.807) is 6.20 Å². The topological polar surface area (TPSA) is 45.2 Å². The lowest BCUT2D eigenvalue weighted by Crippen LogP contribution is -2.37. The number of nitrogens with zero attached hydrogens (tertiary/aromatic N) is 2. The van der Waals surface area contributed by atoms with Crippen molar-refractivity contribution < 1.29 is 4.79 Å². The Morgan fingerprint density at radius 2 is 1.81 bits per heavy atom. The van der Waals surface area contributed by atoms with Gasteiger partial charge in [-0.05, 0) is 85.7 Å². The van der Waals surface area contributed by atoms with Crippen molar-refractivity contribution >= 4 is 23.4 Å². The molecule has 1 saturated heterocycles. The number of anilines is 1. The number of hydrogen-bond donors (Lipinski definition) is 1. The first kappa shape index (κ1) is 24.8. The minimum absolute atomic E-state index is 0.187. The second-order valence-electron chi connectivity index (χ2n) is 9.84. The molecule has 0 radical (unpaired) electrons. The number of amides is 1. The molecule has 0 spiro atoms. The second kappa shape index (κ2) is 11.9. The number of carbonyl (C=O) groups is 1. The van der Waals surface area contributed by atoms with E-state index in [4.69, 9.17) is 0 Å². The number of unbranched alkanes of at least 4 members (excludes halogenated alkanes) is 1. The van der Waals surface area contributed by atoms with Crippen molar-refractivity contribution in [2.24, 2.45) is 5.92 Å². The van der Waals surface area contributed by atoms with E-state index in [9.17, 15) is 4.79 Å². The van der Waals surface area contributed by atoms with Crippen molar-refractivity contribution in [3.8, 4) is 0 Å². The van der Waals surface area contributed by atoms with Crippen LogP contribution in [0.2, 0.25) is 0 Å². The first-order valence-electron chi connectivity index (χ1n) is 13.1. The van der Waals surface area contributed by atoms with Crippen LogP contribution in [0.15, 0.2) is 84.4 Å². The number of rotatable bonds is 8. The van der Waals surface area contributed by atoms with E-state index in [0.717, 1.165) is 49.0 Å². The zero-order valence-electron chi connectivity index (χ0n) is 20.9. The van der Waals surface area contributed by atoms with Gasteiger partial charge in [0.15, 0.2) is 0 Å². The lowest BCUT2D eigenvalue weighted by molar-refractivity contribution is -0.111. The van der Waals surface area contributed by atoms with Gasteiger partial charge >= 0.3 is 0 Å². The van der Waals surface area contributed by atoms with E-state index in [2.05, 4.69) is 70.3 Å². The van der Waals surface area contributed by atoms with Gasteiger partial charge in [-0.3, -0.25) is 14.7 Å². The molecule has 3 heterocycles. The van der Waals surface area contributed by atoms with Gasteiger partial charge in [0.1, 0.15) is 0 Å². The minimum Gasteiger partial charge on any atom is -0.321 e. The summed E-state index contributed by atoms with van der Waals surface area (Å²) in [7, 11) is 0. The van der Waals surface area contributed by atoms with Crippen molar-refractivity contribution in [1.82, 2.24) is 9.88 Å². The van der Waals surface area contributed by atoms with Crippen LogP contribution in [0.5, 0.6) is 0 Å². The summed E-state index contributed by atoms with van der Waals surface area (Å²) in [5, 5.41) is 2.88. The van der Waals surface area contributed by atoms with Crippen LogP contribution >= 0.6 is 11.8 Å². The van der Waals surface area contributed by atoms with E-state index in [0.29, 0.717) is 6.04 Å². The van der Waals surface area contributed by atoms with Crippen LogP contribution < -0.4 is 5.32 Å². The first-order chi connectivity index (χ1) is 17.7. The van der Waals surface area contributed by atoms with Crippen molar-refractivity contribution in [3.63, 3.8) is 0 Å². The number of aromatic nitrogens is 1. The van der Waals surface area contributed by atoms with Gasteiger partial charge < -0.3 is 5.32 Å². The Labute approximate surface area is 219 Å². The van der Waals surface area contributed by atoms with Crippen LogP contribution in [-0.4, -0.2) is 28.9 Å². The Morgan fingerprint density at radius 3 is 2.64 bits per heavy atom. The number of likely N-dealkylation sites (tertiary alicyclic amines) is 1. The SMILES string of the molecule is C=CC(=O)Nc1cccnc1CCCCC1CCN(C2c3ccccc3CSc3ccccc32)CC1. The molecule has 186 valence electrons. The van der Waals surface area contributed by atoms with E-state index >= 15 is 0 Å². The van der Waals surface area contributed by atoms with Crippen molar-refractivity contribution in [3.05, 3.63) is 102 Å². The summed E-state index contributed by atoms with van der Waals surface area (Å²) in [4.78, 5) is 20.4. The molecule has 2 aliphatic rings. The van der Waals surface area contributed by atoms with Gasteiger partial charge in [-0.25, -0.2) is 0 Å². The zero-order valence-corrected chi connectivity index (χ0v) is 21.7. The van der Waals surface area contributed by atoms with Crippen LogP contribution in [0.25, 0.3) is 0 Å². The molecular formula is C31H35N3OS. The first-order valence-corrected chi connectivity index (χ1v) is 14.1. The highest BCUT2D eigenvalue weighted by atomic mass is 32.2. The summed E-state index contributed by atoms with van der Waals surface area (Å²) >= 11 is 1.98. The van der Waals surface area contributed by atoms with E-state index < -0.39 is 0 Å². The van der Waals surface area contributed by atoms with Crippen LogP contribution in [-0.2, 0) is 17.0 Å². The maximum atomic E-state index is 11.7. The molecule has 1 atom stereocenters. The third-order valence-corrected chi connectivity index (χ3v) is 8.71. The Bertz CT molecular complexity index is 1150. The summed E-state index contributed by atoms with van der Waals surface area (Å²) in [5.41, 5.74) is 6.21. The second-order valence-corrected chi connectivity index (χ2v) is 10.9. The smallest absolute Gasteiger partial charge is 0.247 e. The van der Waals surface area contributed by atoms with Gasteiger partial charge in [0, 0.05) is 16.8 Å². The molecule has 1 aromatic heterocycles. The number of piperidine rings is 1. The number of benzene rings is 2. The molecule has 5 heteroatoms. The van der Waals surface area contributed by atoms with Crippen LogP contribution in [0.4, 0.5) is 5.69 Å². The number of thioether (sulfide) groups is 1. The van der Waals surface area contributed by atoms with E-state index in [-0.39, 0.29) is 5.91 Å². The maximum Gasteiger partial charge on any atom is 0.247 e. The summed E-state index contributed by atoms with van der Waals surface area (Å²) in [6, 6.07) is 22.2. The third-order valence-electron chi connectivity index (χ3n) is 7.57. The minimum atomic E-state index is -0.187. The average Bonchev–Trinajstić information content (AvgIpc) is 3.09. The van der Waals surface area contributed by atoms with Gasteiger partial charge in [0.25, 0.3) is 0 Å². The molecule has 1 unspecified atom stereocenters. The molecule has 0 bridgehead atoms. The fraction of sp³-hybridized carbons (Fsp3) is 0.355. The molecule has 2 aliphatic heterocycles. The normalized spacial score (nSPS) is 18.1. The Balaban J connectivity index is 1.16. The Hall–Kier alpha value is -2.89. The Morgan fingerprint density at radius 1 is 1.03 bits per heavy atom. The zero-order chi connectivity index (χ0) is 24.7. The van der Waals surface area contributed by atoms with E-state index in [1.807, 2.05) is 23.9 Å². The molecule has 0 saturated carbocycles. The highest BCUT2D eigenvalue weighted by Gasteiger charge is 2.31. The number of pyridine rings is 1. The molecule has 36 heavy (non-hydrogen) atoms. The number of nitrogens with one attached hydrogen (secondary N) is 1. The summed E-state index contributed by atoms with van der Waals surface area (Å²) in [6.07, 6.45) is 10.1.